The van der Waals surface area contributed by atoms with E-state index in [1.165, 1.54) is 6.08 Å². The molecular formula is C4H6BaO2. The summed E-state index contributed by atoms with van der Waals surface area (Å²) in [5.74, 6) is -0.891. The van der Waals surface area contributed by atoms with Crippen molar-refractivity contribution < 1.29 is 9.90 Å². The number of carbonyl (C=O) groups is 1. The second-order valence-electron chi connectivity index (χ2n) is 0.838. The predicted molar refractivity (Wildman–Crippen MR) is 28.2 cm³/mol. The van der Waals surface area contributed by atoms with Crippen molar-refractivity contribution in [2.75, 3.05) is 0 Å². The summed E-state index contributed by atoms with van der Waals surface area (Å²) in [6.07, 6.45) is 2.56. The monoisotopic (exact) mass is 224 g/mol. The van der Waals surface area contributed by atoms with Gasteiger partial charge < -0.3 is 5.11 Å². The van der Waals surface area contributed by atoms with E-state index >= 15 is 0 Å². The number of rotatable bonds is 1. The zero-order valence-corrected chi connectivity index (χ0v) is 8.66. The SMILES string of the molecule is CC=CC(=O)O.[Ba]. The van der Waals surface area contributed by atoms with Gasteiger partial charge in [-0.25, -0.2) is 4.79 Å². The van der Waals surface area contributed by atoms with Crippen LogP contribution < -0.4 is 0 Å². The van der Waals surface area contributed by atoms with Crippen molar-refractivity contribution in [2.24, 2.45) is 0 Å². The normalized spacial score (nSPS) is 8.14. The van der Waals surface area contributed by atoms with E-state index in [2.05, 4.69) is 0 Å². The molecule has 0 unspecified atom stereocenters. The van der Waals surface area contributed by atoms with Crippen LogP contribution in [0.25, 0.3) is 0 Å². The molecule has 0 fully saturated rings. The summed E-state index contributed by atoms with van der Waals surface area (Å²) in [7, 11) is 0. The minimum Gasteiger partial charge on any atom is -0.478 e. The fraction of sp³-hybridized carbons (Fsp3) is 0.250. The average molecular weight is 223 g/mol. The van der Waals surface area contributed by atoms with Crippen molar-refractivity contribution in [3.05, 3.63) is 12.2 Å². The molecule has 2 radical (unpaired) electrons. The second-order valence-corrected chi connectivity index (χ2v) is 0.838. The van der Waals surface area contributed by atoms with Gasteiger partial charge >= 0.3 is 5.97 Å². The van der Waals surface area contributed by atoms with E-state index in [0.717, 1.165) is 6.08 Å². The Morgan fingerprint density at radius 1 is 1.71 bits per heavy atom. The maximum Gasteiger partial charge on any atom is 0.327 e. The molecule has 0 bridgehead atoms. The van der Waals surface area contributed by atoms with Gasteiger partial charge in [0.25, 0.3) is 0 Å². The molecule has 0 saturated carbocycles. The first kappa shape index (κ1) is 10.7. The molecule has 36 valence electrons. The maximum atomic E-state index is 9.51. The first-order valence-corrected chi connectivity index (χ1v) is 1.63. The van der Waals surface area contributed by atoms with E-state index in [1.807, 2.05) is 0 Å². The molecule has 0 aliphatic heterocycles. The molecule has 0 aliphatic rings. The Labute approximate surface area is 82.7 Å². The van der Waals surface area contributed by atoms with Crippen LogP contribution >= 0.6 is 0 Å². The summed E-state index contributed by atoms with van der Waals surface area (Å²) in [6.45, 7) is 1.66. The van der Waals surface area contributed by atoms with Gasteiger partial charge in [0.2, 0.25) is 0 Å². The largest absolute Gasteiger partial charge is 0.478 e. The number of allylic oxidation sites excluding steroid dienone is 1. The molecule has 0 saturated heterocycles. The molecule has 0 aromatic rings. The van der Waals surface area contributed by atoms with E-state index < -0.39 is 5.97 Å². The number of aliphatic carboxylic acids is 1. The summed E-state index contributed by atoms with van der Waals surface area (Å²) >= 11 is 0. The molecule has 3 heteroatoms. The first-order valence-electron chi connectivity index (χ1n) is 1.63. The van der Waals surface area contributed by atoms with Gasteiger partial charge in [0.05, 0.1) is 0 Å². The molecule has 0 atom stereocenters. The van der Waals surface area contributed by atoms with E-state index in [-0.39, 0.29) is 48.9 Å². The summed E-state index contributed by atoms with van der Waals surface area (Å²) < 4.78 is 0. The molecule has 7 heavy (non-hydrogen) atoms. The average Bonchev–Trinajstić information content (AvgIpc) is 1.35. The van der Waals surface area contributed by atoms with E-state index in [9.17, 15) is 4.79 Å². The zero-order chi connectivity index (χ0) is 4.99. The van der Waals surface area contributed by atoms with Crippen LogP contribution in [0.3, 0.4) is 0 Å². The van der Waals surface area contributed by atoms with Crippen LogP contribution in [0.5, 0.6) is 0 Å². The van der Waals surface area contributed by atoms with Crippen molar-refractivity contribution >= 4 is 54.9 Å². The topological polar surface area (TPSA) is 37.3 Å². The molecule has 0 amide bonds. The van der Waals surface area contributed by atoms with Crippen molar-refractivity contribution in [1.29, 1.82) is 0 Å². The number of hydrogen-bond acceptors (Lipinski definition) is 1. The Bertz CT molecular complexity index is 77.8. The summed E-state index contributed by atoms with van der Waals surface area (Å²) in [5, 5.41) is 7.83. The molecule has 0 aromatic heterocycles. The summed E-state index contributed by atoms with van der Waals surface area (Å²) in [6, 6.07) is 0. The van der Waals surface area contributed by atoms with Crippen molar-refractivity contribution in [1.82, 2.24) is 0 Å². The third kappa shape index (κ3) is 10.8. The molecule has 0 aliphatic carbocycles. The van der Waals surface area contributed by atoms with Crippen molar-refractivity contribution in [3.63, 3.8) is 0 Å². The quantitative estimate of drug-likeness (QED) is 0.512. The smallest absolute Gasteiger partial charge is 0.327 e. The van der Waals surface area contributed by atoms with Gasteiger partial charge in [0.15, 0.2) is 0 Å². The van der Waals surface area contributed by atoms with Crippen LogP contribution in [-0.2, 0) is 4.79 Å². The standard InChI is InChI=1S/C4H6O2.Ba/c1-2-3-4(5)6;/h2-3H,1H3,(H,5,6);. The fourth-order valence-corrected chi connectivity index (χ4v) is 0.143. The fourth-order valence-electron chi connectivity index (χ4n) is 0.143. The van der Waals surface area contributed by atoms with E-state index in [0.29, 0.717) is 0 Å². The molecule has 0 rings (SSSR count). The van der Waals surface area contributed by atoms with Crippen molar-refractivity contribution in [3.8, 4) is 0 Å². The van der Waals surface area contributed by atoms with Gasteiger partial charge in [-0.15, -0.1) is 0 Å². The number of hydrogen-bond donors (Lipinski definition) is 1. The second kappa shape index (κ2) is 6.78. The van der Waals surface area contributed by atoms with Crippen LogP contribution in [0.2, 0.25) is 0 Å². The number of carboxylic acid groups (broad SMARTS) is 1. The van der Waals surface area contributed by atoms with Crippen LogP contribution in [0.4, 0.5) is 0 Å². The number of carboxylic acids is 1. The molecular weight excluding hydrogens is 217 g/mol. The van der Waals surface area contributed by atoms with Gasteiger partial charge in [-0.3, -0.25) is 0 Å². The summed E-state index contributed by atoms with van der Waals surface area (Å²) in [4.78, 5) is 9.51. The minimum atomic E-state index is -0.891. The Kier molecular flexibility index (Phi) is 10.4. The van der Waals surface area contributed by atoms with Gasteiger partial charge in [-0.2, -0.15) is 0 Å². The van der Waals surface area contributed by atoms with E-state index in [4.69, 9.17) is 5.11 Å². The predicted octanol–water partition coefficient (Wildman–Crippen LogP) is 0.266. The van der Waals surface area contributed by atoms with E-state index in [1.54, 1.807) is 6.92 Å². The van der Waals surface area contributed by atoms with Gasteiger partial charge in [-0.05, 0) is 6.92 Å². The van der Waals surface area contributed by atoms with Gasteiger partial charge in [0, 0.05) is 55.0 Å². The molecule has 0 aromatic carbocycles. The zero-order valence-electron chi connectivity index (χ0n) is 4.22. The third-order valence-corrected chi connectivity index (χ3v) is 0.309. The Hall–Kier alpha value is 0.781. The third-order valence-electron chi connectivity index (χ3n) is 0.309. The van der Waals surface area contributed by atoms with Crippen molar-refractivity contribution in [2.45, 2.75) is 6.92 Å². The summed E-state index contributed by atoms with van der Waals surface area (Å²) in [5.41, 5.74) is 0. The van der Waals surface area contributed by atoms with Gasteiger partial charge in [-0.1, -0.05) is 6.08 Å². The Balaban J connectivity index is 0. The molecule has 0 spiro atoms. The first-order chi connectivity index (χ1) is 2.77. The molecule has 1 N–H and O–H groups in total. The van der Waals surface area contributed by atoms with Crippen LogP contribution in [-0.4, -0.2) is 60.0 Å². The molecule has 2 nitrogen and oxygen atoms in total. The Morgan fingerprint density at radius 3 is 2.14 bits per heavy atom. The van der Waals surface area contributed by atoms with Crippen LogP contribution in [0.15, 0.2) is 12.2 Å². The minimum absolute atomic E-state index is 0. The molecule has 0 heterocycles. The van der Waals surface area contributed by atoms with Gasteiger partial charge in [0.1, 0.15) is 0 Å². The van der Waals surface area contributed by atoms with Crippen LogP contribution in [0, 0.1) is 0 Å². The van der Waals surface area contributed by atoms with Crippen LogP contribution in [0.1, 0.15) is 6.92 Å². The Morgan fingerprint density at radius 2 is 2.14 bits per heavy atom. The maximum absolute atomic E-state index is 9.51.